The number of hydrogen-bond donors (Lipinski definition) is 0. The van der Waals surface area contributed by atoms with Gasteiger partial charge in [0, 0.05) is 11.9 Å². The maximum absolute atomic E-state index is 4.19. The Bertz CT molecular complexity index is 401. The van der Waals surface area contributed by atoms with Crippen molar-refractivity contribution in [2.24, 2.45) is 0 Å². The lowest BCUT2D eigenvalue weighted by molar-refractivity contribution is 1.04. The first-order chi connectivity index (χ1) is 5.83. The summed E-state index contributed by atoms with van der Waals surface area (Å²) in [6.07, 6.45) is 5.77. The van der Waals surface area contributed by atoms with Gasteiger partial charge in [0.05, 0.1) is 0 Å². The van der Waals surface area contributed by atoms with Crippen LogP contribution in [0, 0.1) is 13.1 Å². The van der Waals surface area contributed by atoms with E-state index in [-0.39, 0.29) is 0 Å². The third-order valence-corrected chi connectivity index (χ3v) is 2.16. The third kappa shape index (κ3) is 0.916. The molecule has 0 aliphatic carbocycles. The monoisotopic (exact) mass is 159 g/mol. The van der Waals surface area contributed by atoms with Gasteiger partial charge in [0.2, 0.25) is 0 Å². The molecule has 2 aromatic heterocycles. The molecule has 0 aliphatic heterocycles. The molecule has 0 fully saturated rings. The summed E-state index contributed by atoms with van der Waals surface area (Å²) in [4.78, 5) is 4.19. The van der Waals surface area contributed by atoms with Crippen molar-refractivity contribution in [1.29, 1.82) is 0 Å². The highest BCUT2D eigenvalue weighted by Crippen LogP contribution is 2.11. The Kier molecular flexibility index (Phi) is 1.61. The van der Waals surface area contributed by atoms with E-state index in [0.29, 0.717) is 0 Å². The Hall–Kier alpha value is -1.31. The summed E-state index contributed by atoms with van der Waals surface area (Å²) in [7, 11) is 0. The maximum atomic E-state index is 4.19. The molecule has 0 spiro atoms. The van der Waals surface area contributed by atoms with Crippen molar-refractivity contribution in [2.45, 2.75) is 20.3 Å². The summed E-state index contributed by atoms with van der Waals surface area (Å²) >= 11 is 0. The van der Waals surface area contributed by atoms with E-state index in [0.717, 1.165) is 12.1 Å². The standard InChI is InChI=1S/C10H11N2/c1-3-9-5-4-8(2)12-7-6-11-10(9)12/h4-5,7H,3H2,1-2H3. The van der Waals surface area contributed by atoms with Crippen LogP contribution in [0.5, 0.6) is 0 Å². The van der Waals surface area contributed by atoms with E-state index in [4.69, 9.17) is 0 Å². The molecule has 0 amide bonds. The average molecular weight is 159 g/mol. The van der Waals surface area contributed by atoms with Crippen LogP contribution >= 0.6 is 0 Å². The van der Waals surface area contributed by atoms with Crippen LogP contribution in [0.4, 0.5) is 0 Å². The Labute approximate surface area is 71.9 Å². The summed E-state index contributed by atoms with van der Waals surface area (Å²) in [6, 6.07) is 4.24. The molecule has 1 radical (unpaired) electrons. The van der Waals surface area contributed by atoms with Gasteiger partial charge < -0.3 is 4.40 Å². The molecule has 0 saturated carbocycles. The minimum Gasteiger partial charge on any atom is -0.303 e. The zero-order valence-electron chi connectivity index (χ0n) is 7.33. The van der Waals surface area contributed by atoms with Gasteiger partial charge >= 0.3 is 0 Å². The molecule has 2 heteroatoms. The van der Waals surface area contributed by atoms with E-state index in [1.807, 2.05) is 6.20 Å². The predicted molar refractivity (Wildman–Crippen MR) is 48.1 cm³/mol. The van der Waals surface area contributed by atoms with Gasteiger partial charge in [-0.2, -0.15) is 0 Å². The van der Waals surface area contributed by atoms with Crippen molar-refractivity contribution >= 4 is 5.65 Å². The molecule has 0 aromatic carbocycles. The average Bonchev–Trinajstić information content (AvgIpc) is 2.54. The van der Waals surface area contributed by atoms with E-state index >= 15 is 0 Å². The van der Waals surface area contributed by atoms with Crippen LogP contribution in [0.3, 0.4) is 0 Å². The van der Waals surface area contributed by atoms with Crippen molar-refractivity contribution in [3.63, 3.8) is 0 Å². The van der Waals surface area contributed by atoms with Crippen LogP contribution in [0.15, 0.2) is 18.3 Å². The maximum Gasteiger partial charge on any atom is 0.140 e. The summed E-state index contributed by atoms with van der Waals surface area (Å²) in [6.45, 7) is 4.21. The fourth-order valence-electron chi connectivity index (χ4n) is 1.41. The summed E-state index contributed by atoms with van der Waals surface area (Å²) in [5, 5.41) is 0. The lowest BCUT2D eigenvalue weighted by Crippen LogP contribution is -1.93. The highest BCUT2D eigenvalue weighted by atomic mass is 15.0. The van der Waals surface area contributed by atoms with Gasteiger partial charge in [-0.25, -0.2) is 4.98 Å². The Balaban J connectivity index is 2.82. The number of aryl methyl sites for hydroxylation is 2. The second-order valence-electron chi connectivity index (χ2n) is 2.92. The largest absolute Gasteiger partial charge is 0.303 e. The van der Waals surface area contributed by atoms with Crippen molar-refractivity contribution in [1.82, 2.24) is 9.38 Å². The zero-order chi connectivity index (χ0) is 8.55. The van der Waals surface area contributed by atoms with Crippen molar-refractivity contribution < 1.29 is 0 Å². The molecule has 2 aromatic rings. The van der Waals surface area contributed by atoms with E-state index in [1.165, 1.54) is 11.3 Å². The van der Waals surface area contributed by atoms with Gasteiger partial charge in [-0.05, 0) is 25.0 Å². The molecule has 0 unspecified atom stereocenters. The minimum absolute atomic E-state index is 1.02. The molecule has 61 valence electrons. The van der Waals surface area contributed by atoms with Gasteiger partial charge in [-0.3, -0.25) is 0 Å². The van der Waals surface area contributed by atoms with Gasteiger partial charge in [0.15, 0.2) is 0 Å². The van der Waals surface area contributed by atoms with E-state index in [9.17, 15) is 0 Å². The number of pyridine rings is 1. The fraction of sp³-hybridized carbons (Fsp3) is 0.300. The molecule has 0 atom stereocenters. The molecular formula is C10H11N2. The fourth-order valence-corrected chi connectivity index (χ4v) is 1.41. The predicted octanol–water partition coefficient (Wildman–Crippen LogP) is 2.01. The quantitative estimate of drug-likeness (QED) is 0.622. The number of nitrogens with zero attached hydrogens (tertiary/aromatic N) is 2. The van der Waals surface area contributed by atoms with Gasteiger partial charge in [0.1, 0.15) is 11.8 Å². The zero-order valence-corrected chi connectivity index (χ0v) is 7.33. The topological polar surface area (TPSA) is 17.3 Å². The molecule has 0 bridgehead atoms. The van der Waals surface area contributed by atoms with Crippen LogP contribution in [0.25, 0.3) is 5.65 Å². The smallest absolute Gasteiger partial charge is 0.140 e. The van der Waals surface area contributed by atoms with Crippen LogP contribution in [-0.4, -0.2) is 9.38 Å². The molecule has 0 aliphatic rings. The van der Waals surface area contributed by atoms with E-state index in [2.05, 4.69) is 41.6 Å². The molecule has 2 heterocycles. The summed E-state index contributed by atoms with van der Waals surface area (Å²) in [5.74, 6) is 0. The highest BCUT2D eigenvalue weighted by Gasteiger charge is 2.01. The molecule has 0 saturated heterocycles. The van der Waals surface area contributed by atoms with Crippen LogP contribution in [0.2, 0.25) is 0 Å². The van der Waals surface area contributed by atoms with Gasteiger partial charge in [0.25, 0.3) is 0 Å². The first kappa shape index (κ1) is 7.35. The second-order valence-corrected chi connectivity index (χ2v) is 2.92. The normalized spacial score (nSPS) is 10.8. The summed E-state index contributed by atoms with van der Waals surface area (Å²) in [5.41, 5.74) is 3.52. The highest BCUT2D eigenvalue weighted by molar-refractivity contribution is 5.48. The molecule has 0 N–H and O–H groups in total. The van der Waals surface area contributed by atoms with Gasteiger partial charge in [-0.1, -0.05) is 13.0 Å². The van der Waals surface area contributed by atoms with E-state index in [1.54, 1.807) is 0 Å². The Morgan fingerprint density at radius 2 is 2.33 bits per heavy atom. The van der Waals surface area contributed by atoms with Crippen molar-refractivity contribution in [3.8, 4) is 0 Å². The number of fused-ring (bicyclic) bond motifs is 1. The molecule has 2 nitrogen and oxygen atoms in total. The Morgan fingerprint density at radius 1 is 1.50 bits per heavy atom. The molecule has 2 rings (SSSR count). The van der Waals surface area contributed by atoms with Crippen LogP contribution in [-0.2, 0) is 6.42 Å². The third-order valence-electron chi connectivity index (χ3n) is 2.16. The number of imidazole rings is 1. The summed E-state index contributed by atoms with van der Waals surface area (Å²) < 4.78 is 2.07. The second kappa shape index (κ2) is 2.63. The number of hydrogen-bond acceptors (Lipinski definition) is 1. The lowest BCUT2D eigenvalue weighted by Gasteiger charge is -2.02. The van der Waals surface area contributed by atoms with Crippen LogP contribution < -0.4 is 0 Å². The number of rotatable bonds is 1. The van der Waals surface area contributed by atoms with Crippen molar-refractivity contribution in [3.05, 3.63) is 35.8 Å². The van der Waals surface area contributed by atoms with Gasteiger partial charge in [-0.15, -0.1) is 0 Å². The van der Waals surface area contributed by atoms with Crippen molar-refractivity contribution in [2.75, 3.05) is 0 Å². The van der Waals surface area contributed by atoms with Crippen LogP contribution in [0.1, 0.15) is 18.2 Å². The first-order valence-electron chi connectivity index (χ1n) is 4.16. The van der Waals surface area contributed by atoms with E-state index < -0.39 is 0 Å². The SMILES string of the molecule is CCc1ccc(C)n2c[c]nc12. The first-order valence-corrected chi connectivity index (χ1v) is 4.16. The molecular weight excluding hydrogens is 148 g/mol. The lowest BCUT2D eigenvalue weighted by atomic mass is 10.2. The number of aromatic nitrogens is 2. The molecule has 12 heavy (non-hydrogen) atoms. The Morgan fingerprint density at radius 3 is 3.08 bits per heavy atom. The minimum atomic E-state index is 1.02.